The van der Waals surface area contributed by atoms with Crippen molar-refractivity contribution in [2.45, 2.75) is 56.1 Å². The minimum Gasteiger partial charge on any atom is -0.388 e. The molecule has 0 unspecified atom stereocenters. The number of para-hydroxylation sites is 2. The van der Waals surface area contributed by atoms with E-state index < -0.39 is 29.8 Å². The number of thioether (sulfide) groups is 1. The Morgan fingerprint density at radius 2 is 2.18 bits per heavy atom. The Balaban J connectivity index is 1.36. The molecule has 2 saturated heterocycles. The van der Waals surface area contributed by atoms with Crippen LogP contribution in [0.5, 0.6) is 0 Å². The number of benzene rings is 1. The third-order valence-electron chi connectivity index (χ3n) is 5.09. The molecule has 8 nitrogen and oxygen atoms in total. The third kappa shape index (κ3) is 3.67. The van der Waals surface area contributed by atoms with Crippen molar-refractivity contribution in [2.75, 3.05) is 6.54 Å². The Labute approximate surface area is 167 Å². The van der Waals surface area contributed by atoms with Gasteiger partial charge in [0.05, 0.1) is 23.4 Å². The van der Waals surface area contributed by atoms with Crippen molar-refractivity contribution in [2.24, 2.45) is 4.99 Å². The van der Waals surface area contributed by atoms with Crippen molar-refractivity contribution in [3.05, 3.63) is 30.6 Å². The lowest BCUT2D eigenvalue weighted by molar-refractivity contribution is -0.171. The summed E-state index contributed by atoms with van der Waals surface area (Å²) in [5.74, 6) is -0.198. The summed E-state index contributed by atoms with van der Waals surface area (Å²) in [7, 11) is 0. The van der Waals surface area contributed by atoms with Crippen molar-refractivity contribution in [3.8, 4) is 0 Å². The molecule has 2 aliphatic heterocycles. The fraction of sp³-hybridized carbons (Fsp3) is 0.526. The zero-order valence-corrected chi connectivity index (χ0v) is 16.4. The molecule has 28 heavy (non-hydrogen) atoms. The number of ketones is 1. The molecular formula is C19H24N4O4S. The maximum atomic E-state index is 12.7. The number of aliphatic imine (C=N–C) groups is 1. The van der Waals surface area contributed by atoms with Crippen molar-refractivity contribution in [1.82, 2.24) is 14.9 Å². The molecule has 0 saturated carbocycles. The zero-order valence-electron chi connectivity index (χ0n) is 15.6. The second-order valence-corrected chi connectivity index (χ2v) is 8.06. The lowest BCUT2D eigenvalue weighted by Crippen LogP contribution is -2.60. The molecule has 2 fully saturated rings. The minimum atomic E-state index is -1.25. The van der Waals surface area contributed by atoms with Crippen molar-refractivity contribution >= 4 is 33.7 Å². The molecular weight excluding hydrogens is 380 g/mol. The van der Waals surface area contributed by atoms with Gasteiger partial charge in [-0.2, -0.15) is 0 Å². The predicted octanol–water partition coefficient (Wildman–Crippen LogP) is 0.913. The number of imidazole rings is 1. The summed E-state index contributed by atoms with van der Waals surface area (Å²) in [5.41, 5.74) is 1.51. The summed E-state index contributed by atoms with van der Waals surface area (Å²) in [4.78, 5) is 21.3. The van der Waals surface area contributed by atoms with Crippen LogP contribution in [0.25, 0.3) is 11.0 Å². The van der Waals surface area contributed by atoms with E-state index in [1.165, 1.54) is 11.8 Å². The number of aromatic nitrogens is 2. The summed E-state index contributed by atoms with van der Waals surface area (Å²) in [6.07, 6.45) is -0.730. The molecule has 0 bridgehead atoms. The van der Waals surface area contributed by atoms with Gasteiger partial charge in [-0.25, -0.2) is 4.98 Å². The smallest absolute Gasteiger partial charge is 0.164 e. The SMILES string of the molecule is CCN=C1N[C@@H]2[C@@H](O)[C@H](O)[C@@H](C(=O)CCCn3cnc4ccccc43)O[C@@H]2S1. The quantitative estimate of drug-likeness (QED) is 0.657. The van der Waals surface area contributed by atoms with Crippen LogP contribution >= 0.6 is 11.8 Å². The molecule has 2 aliphatic rings. The highest BCUT2D eigenvalue weighted by atomic mass is 32.2. The second-order valence-electron chi connectivity index (χ2n) is 6.97. The van der Waals surface area contributed by atoms with Gasteiger partial charge < -0.3 is 24.8 Å². The molecule has 0 radical (unpaired) electrons. The van der Waals surface area contributed by atoms with E-state index in [4.69, 9.17) is 4.74 Å². The average Bonchev–Trinajstić information content (AvgIpc) is 3.29. The topological polar surface area (TPSA) is 109 Å². The summed E-state index contributed by atoms with van der Waals surface area (Å²) in [5, 5.41) is 24.6. The number of nitrogens with zero attached hydrogens (tertiary/aromatic N) is 3. The zero-order chi connectivity index (χ0) is 19.7. The summed E-state index contributed by atoms with van der Waals surface area (Å²) < 4.78 is 7.84. The van der Waals surface area contributed by atoms with Gasteiger partial charge in [0.1, 0.15) is 23.7 Å². The van der Waals surface area contributed by atoms with Gasteiger partial charge in [0.15, 0.2) is 11.0 Å². The first-order valence-corrected chi connectivity index (χ1v) is 10.4. The lowest BCUT2D eigenvalue weighted by Gasteiger charge is -2.38. The van der Waals surface area contributed by atoms with Crippen LogP contribution in [0.1, 0.15) is 19.8 Å². The first kappa shape index (κ1) is 19.4. The fourth-order valence-electron chi connectivity index (χ4n) is 3.65. The Bertz CT molecular complexity index is 886. The largest absolute Gasteiger partial charge is 0.388 e. The molecule has 0 amide bonds. The predicted molar refractivity (Wildman–Crippen MR) is 107 cm³/mol. The number of rotatable bonds is 6. The fourth-order valence-corrected chi connectivity index (χ4v) is 4.83. The highest BCUT2D eigenvalue weighted by molar-refractivity contribution is 8.14. The van der Waals surface area contributed by atoms with E-state index in [0.29, 0.717) is 24.7 Å². The first-order valence-electron chi connectivity index (χ1n) is 9.50. The van der Waals surface area contributed by atoms with Crippen LogP contribution in [0.2, 0.25) is 0 Å². The number of aliphatic hydroxyl groups is 2. The Morgan fingerprint density at radius 1 is 1.36 bits per heavy atom. The molecule has 0 spiro atoms. The van der Waals surface area contributed by atoms with Gasteiger partial charge in [-0.15, -0.1) is 0 Å². The molecule has 2 aromatic rings. The van der Waals surface area contributed by atoms with E-state index in [1.807, 2.05) is 35.8 Å². The number of hydrogen-bond donors (Lipinski definition) is 3. The molecule has 9 heteroatoms. The summed E-state index contributed by atoms with van der Waals surface area (Å²) in [6, 6.07) is 7.38. The van der Waals surface area contributed by atoms with Gasteiger partial charge in [-0.05, 0) is 25.5 Å². The lowest BCUT2D eigenvalue weighted by atomic mass is 9.94. The Hall–Kier alpha value is -1.94. The van der Waals surface area contributed by atoms with Gasteiger partial charge in [-0.3, -0.25) is 9.79 Å². The molecule has 5 atom stereocenters. The Kier molecular flexibility index (Phi) is 5.68. The minimum absolute atomic E-state index is 0.198. The maximum absolute atomic E-state index is 12.7. The van der Waals surface area contributed by atoms with E-state index in [2.05, 4.69) is 15.3 Å². The van der Waals surface area contributed by atoms with Crippen LogP contribution in [0.4, 0.5) is 0 Å². The van der Waals surface area contributed by atoms with Gasteiger partial charge in [0.25, 0.3) is 0 Å². The van der Waals surface area contributed by atoms with Gasteiger partial charge in [0, 0.05) is 19.5 Å². The molecule has 1 aromatic heterocycles. The normalized spacial score (nSPS) is 31.1. The van der Waals surface area contributed by atoms with E-state index in [1.54, 1.807) is 6.33 Å². The molecule has 3 heterocycles. The summed E-state index contributed by atoms with van der Waals surface area (Å²) >= 11 is 1.35. The molecule has 150 valence electrons. The summed E-state index contributed by atoms with van der Waals surface area (Å²) in [6.45, 7) is 3.17. The van der Waals surface area contributed by atoms with E-state index >= 15 is 0 Å². The first-order chi connectivity index (χ1) is 13.6. The van der Waals surface area contributed by atoms with Crippen LogP contribution in [-0.4, -0.2) is 67.0 Å². The van der Waals surface area contributed by atoms with Crippen molar-refractivity contribution in [1.29, 1.82) is 0 Å². The molecule has 3 N–H and O–H groups in total. The van der Waals surface area contributed by atoms with Crippen LogP contribution in [0, 0.1) is 0 Å². The number of nitrogens with one attached hydrogen (secondary N) is 1. The van der Waals surface area contributed by atoms with Gasteiger partial charge in [0.2, 0.25) is 0 Å². The number of carbonyl (C=O) groups excluding carboxylic acids is 1. The number of Topliss-reactive ketones (excluding diaryl/α,β-unsaturated/α-hetero) is 1. The molecule has 0 aliphatic carbocycles. The molecule has 1 aromatic carbocycles. The number of aryl methyl sites for hydroxylation is 1. The van der Waals surface area contributed by atoms with E-state index in [0.717, 1.165) is 11.0 Å². The standard InChI is InChI=1S/C19H24N4O4S/c1-2-20-19-22-14-15(25)16(26)17(27-18(14)28-19)13(24)8-5-9-23-10-21-11-6-3-4-7-12(11)23/h3-4,6-7,10,14-18,25-26H,2,5,8-9H2,1H3,(H,20,22)/t14-,15-,16+,17-,18-/m1/s1. The second kappa shape index (κ2) is 8.20. The number of carbonyl (C=O) groups is 1. The van der Waals surface area contributed by atoms with Gasteiger partial charge in [-0.1, -0.05) is 23.9 Å². The number of hydrogen-bond acceptors (Lipinski definition) is 7. The Morgan fingerprint density at radius 3 is 3.00 bits per heavy atom. The van der Waals surface area contributed by atoms with Crippen LogP contribution in [-0.2, 0) is 16.1 Å². The van der Waals surface area contributed by atoms with Crippen LogP contribution < -0.4 is 5.32 Å². The van der Waals surface area contributed by atoms with Crippen LogP contribution in [0.15, 0.2) is 35.6 Å². The van der Waals surface area contributed by atoms with E-state index in [9.17, 15) is 15.0 Å². The number of aliphatic hydroxyl groups excluding tert-OH is 2. The molecule has 4 rings (SSSR count). The van der Waals surface area contributed by atoms with Gasteiger partial charge >= 0.3 is 0 Å². The highest BCUT2D eigenvalue weighted by Crippen LogP contribution is 2.34. The van der Waals surface area contributed by atoms with Crippen LogP contribution in [0.3, 0.4) is 0 Å². The van der Waals surface area contributed by atoms with Crippen molar-refractivity contribution < 1.29 is 19.7 Å². The monoisotopic (exact) mass is 404 g/mol. The van der Waals surface area contributed by atoms with Crippen molar-refractivity contribution in [3.63, 3.8) is 0 Å². The number of amidine groups is 1. The highest BCUT2D eigenvalue weighted by Gasteiger charge is 2.50. The maximum Gasteiger partial charge on any atom is 0.164 e. The third-order valence-corrected chi connectivity index (χ3v) is 6.20. The van der Waals surface area contributed by atoms with E-state index in [-0.39, 0.29) is 12.2 Å². The average molecular weight is 404 g/mol. The number of fused-ring (bicyclic) bond motifs is 2. The number of ether oxygens (including phenoxy) is 1.